The molecule has 1 amide bonds. The second kappa shape index (κ2) is 6.81. The molecular formula is C18H13ClN6O. The Balaban J connectivity index is 1.54. The number of carbonyl (C=O) groups excluding carboxylic acids is 1. The number of rotatable bonds is 4. The molecule has 0 radical (unpaired) electrons. The Morgan fingerprint density at radius 1 is 1.04 bits per heavy atom. The van der Waals surface area contributed by atoms with E-state index < -0.39 is 0 Å². The van der Waals surface area contributed by atoms with Gasteiger partial charge in [-0.1, -0.05) is 29.8 Å². The molecule has 2 heterocycles. The normalized spacial score (nSPS) is 10.7. The number of carbonyl (C=O) groups is 1. The quantitative estimate of drug-likeness (QED) is 0.602. The molecule has 0 unspecified atom stereocenters. The van der Waals surface area contributed by atoms with Crippen LogP contribution in [0.25, 0.3) is 11.4 Å². The third-order valence-corrected chi connectivity index (χ3v) is 4.08. The molecule has 4 aromatic rings. The third kappa shape index (κ3) is 3.20. The molecule has 0 bridgehead atoms. The Bertz CT molecular complexity index is 1060. The van der Waals surface area contributed by atoms with Gasteiger partial charge in [0, 0.05) is 11.9 Å². The number of amides is 1. The minimum absolute atomic E-state index is 0.260. The number of nitrogens with zero attached hydrogens (tertiary/aromatic N) is 5. The summed E-state index contributed by atoms with van der Waals surface area (Å²) in [5, 5.41) is 15.2. The van der Waals surface area contributed by atoms with Crippen molar-refractivity contribution in [2.75, 3.05) is 5.32 Å². The van der Waals surface area contributed by atoms with Gasteiger partial charge in [-0.2, -0.15) is 5.10 Å². The Hall–Kier alpha value is -3.45. The van der Waals surface area contributed by atoms with Gasteiger partial charge in [0.2, 0.25) is 0 Å². The number of aromatic nitrogens is 5. The highest BCUT2D eigenvalue weighted by Gasteiger charge is 2.11. The molecule has 0 aliphatic rings. The van der Waals surface area contributed by atoms with Crippen molar-refractivity contribution >= 4 is 23.2 Å². The highest BCUT2D eigenvalue weighted by Crippen LogP contribution is 2.20. The molecule has 0 fully saturated rings. The molecule has 0 saturated heterocycles. The predicted molar refractivity (Wildman–Crippen MR) is 97.9 cm³/mol. The molecular weight excluding hydrogens is 352 g/mol. The van der Waals surface area contributed by atoms with Gasteiger partial charge in [0.05, 0.1) is 28.2 Å². The maximum Gasteiger partial charge on any atom is 0.258 e. The van der Waals surface area contributed by atoms with Crippen LogP contribution in [0.15, 0.2) is 73.6 Å². The third-order valence-electron chi connectivity index (χ3n) is 3.76. The van der Waals surface area contributed by atoms with Crippen molar-refractivity contribution in [1.29, 1.82) is 0 Å². The number of para-hydroxylation sites is 1. The van der Waals surface area contributed by atoms with Gasteiger partial charge in [-0.15, -0.1) is 10.2 Å². The predicted octanol–water partition coefficient (Wildman–Crippen LogP) is 3.36. The van der Waals surface area contributed by atoms with Crippen LogP contribution in [0.3, 0.4) is 0 Å². The SMILES string of the molecule is O=C(Nc1cccc(-n2cnnc2)c1)c1cnn(-c2ccccc2Cl)c1. The zero-order valence-electron chi connectivity index (χ0n) is 13.5. The molecule has 0 saturated carbocycles. The van der Waals surface area contributed by atoms with Crippen molar-refractivity contribution in [2.24, 2.45) is 0 Å². The first-order valence-corrected chi connectivity index (χ1v) is 8.14. The van der Waals surface area contributed by atoms with E-state index in [1.54, 1.807) is 34.2 Å². The second-order valence-electron chi connectivity index (χ2n) is 5.50. The summed E-state index contributed by atoms with van der Waals surface area (Å²) in [7, 11) is 0. The van der Waals surface area contributed by atoms with Gasteiger partial charge in [-0.25, -0.2) is 4.68 Å². The van der Waals surface area contributed by atoms with Crippen LogP contribution in [-0.4, -0.2) is 30.5 Å². The average Bonchev–Trinajstić information content (AvgIpc) is 3.35. The van der Waals surface area contributed by atoms with Crippen molar-refractivity contribution in [2.45, 2.75) is 0 Å². The van der Waals surface area contributed by atoms with E-state index in [4.69, 9.17) is 11.6 Å². The van der Waals surface area contributed by atoms with Gasteiger partial charge in [-0.05, 0) is 30.3 Å². The van der Waals surface area contributed by atoms with Gasteiger partial charge in [-0.3, -0.25) is 9.36 Å². The fourth-order valence-electron chi connectivity index (χ4n) is 2.49. The van der Waals surface area contributed by atoms with E-state index >= 15 is 0 Å². The highest BCUT2D eigenvalue weighted by atomic mass is 35.5. The Morgan fingerprint density at radius 3 is 2.65 bits per heavy atom. The number of anilines is 1. The van der Waals surface area contributed by atoms with E-state index in [0.717, 1.165) is 5.69 Å². The van der Waals surface area contributed by atoms with Crippen LogP contribution in [-0.2, 0) is 0 Å². The summed E-state index contributed by atoms with van der Waals surface area (Å²) < 4.78 is 3.33. The summed E-state index contributed by atoms with van der Waals surface area (Å²) >= 11 is 6.17. The second-order valence-corrected chi connectivity index (χ2v) is 5.91. The van der Waals surface area contributed by atoms with Crippen LogP contribution in [0.5, 0.6) is 0 Å². The fraction of sp³-hybridized carbons (Fsp3) is 0. The molecule has 8 heteroatoms. The first-order valence-electron chi connectivity index (χ1n) is 7.77. The Kier molecular flexibility index (Phi) is 4.20. The lowest BCUT2D eigenvalue weighted by Gasteiger charge is -2.07. The minimum atomic E-state index is -0.260. The fourth-order valence-corrected chi connectivity index (χ4v) is 2.71. The average molecular weight is 365 g/mol. The van der Waals surface area contributed by atoms with Crippen LogP contribution in [0.4, 0.5) is 5.69 Å². The molecule has 2 aromatic carbocycles. The Morgan fingerprint density at radius 2 is 1.85 bits per heavy atom. The summed E-state index contributed by atoms with van der Waals surface area (Å²) in [6.07, 6.45) is 6.33. The first-order chi connectivity index (χ1) is 12.7. The molecule has 7 nitrogen and oxygen atoms in total. The lowest BCUT2D eigenvalue weighted by Crippen LogP contribution is -2.11. The smallest absolute Gasteiger partial charge is 0.258 e. The molecule has 2 aromatic heterocycles. The van der Waals surface area contributed by atoms with E-state index in [1.165, 1.54) is 6.20 Å². The minimum Gasteiger partial charge on any atom is -0.322 e. The zero-order chi connectivity index (χ0) is 17.9. The van der Waals surface area contributed by atoms with Gasteiger partial charge in [0.1, 0.15) is 12.7 Å². The van der Waals surface area contributed by atoms with Gasteiger partial charge < -0.3 is 5.32 Å². The van der Waals surface area contributed by atoms with E-state index in [0.29, 0.717) is 22.0 Å². The molecule has 0 spiro atoms. The number of hydrogen-bond donors (Lipinski definition) is 1. The van der Waals surface area contributed by atoms with Crippen LogP contribution in [0.2, 0.25) is 5.02 Å². The van der Waals surface area contributed by atoms with Gasteiger partial charge >= 0.3 is 0 Å². The van der Waals surface area contributed by atoms with Gasteiger partial charge in [0.15, 0.2) is 0 Å². The molecule has 0 atom stereocenters. The summed E-state index contributed by atoms with van der Waals surface area (Å²) in [6, 6.07) is 14.7. The molecule has 0 aliphatic carbocycles. The van der Waals surface area contributed by atoms with Crippen molar-refractivity contribution in [1.82, 2.24) is 24.5 Å². The molecule has 1 N–H and O–H groups in total. The summed E-state index contributed by atoms with van der Waals surface area (Å²) in [6.45, 7) is 0. The topological polar surface area (TPSA) is 77.6 Å². The summed E-state index contributed by atoms with van der Waals surface area (Å²) in [5.41, 5.74) is 2.65. The number of benzene rings is 2. The van der Waals surface area contributed by atoms with Crippen molar-refractivity contribution in [3.8, 4) is 11.4 Å². The van der Waals surface area contributed by atoms with Crippen molar-refractivity contribution in [3.63, 3.8) is 0 Å². The van der Waals surface area contributed by atoms with Crippen molar-refractivity contribution in [3.05, 3.63) is 84.2 Å². The number of nitrogens with one attached hydrogen (secondary N) is 1. The number of hydrogen-bond acceptors (Lipinski definition) is 4. The molecule has 0 aliphatic heterocycles. The largest absolute Gasteiger partial charge is 0.322 e. The van der Waals surface area contributed by atoms with E-state index in [2.05, 4.69) is 20.6 Å². The number of halogens is 1. The monoisotopic (exact) mass is 364 g/mol. The van der Waals surface area contributed by atoms with Crippen LogP contribution in [0.1, 0.15) is 10.4 Å². The van der Waals surface area contributed by atoms with Crippen LogP contribution in [0, 0.1) is 0 Å². The summed E-state index contributed by atoms with van der Waals surface area (Å²) in [5.74, 6) is -0.260. The summed E-state index contributed by atoms with van der Waals surface area (Å²) in [4.78, 5) is 12.5. The molecule has 128 valence electrons. The lowest BCUT2D eigenvalue weighted by molar-refractivity contribution is 0.102. The van der Waals surface area contributed by atoms with Crippen LogP contribution < -0.4 is 5.32 Å². The molecule has 4 rings (SSSR count). The maximum absolute atomic E-state index is 12.5. The maximum atomic E-state index is 12.5. The highest BCUT2D eigenvalue weighted by molar-refractivity contribution is 6.32. The standard InChI is InChI=1S/C18H13ClN6O/c19-16-6-1-2-7-17(16)25-10-13(9-22-25)18(26)23-14-4-3-5-15(8-14)24-11-20-21-12-24/h1-12H,(H,23,26). The van der Waals surface area contributed by atoms with E-state index in [-0.39, 0.29) is 5.91 Å². The zero-order valence-corrected chi connectivity index (χ0v) is 14.2. The van der Waals surface area contributed by atoms with Crippen molar-refractivity contribution < 1.29 is 4.79 Å². The Labute approximate surface area is 153 Å². The lowest BCUT2D eigenvalue weighted by atomic mass is 10.2. The van der Waals surface area contributed by atoms with Crippen LogP contribution >= 0.6 is 11.6 Å². The van der Waals surface area contributed by atoms with Gasteiger partial charge in [0.25, 0.3) is 5.91 Å². The van der Waals surface area contributed by atoms with E-state index in [9.17, 15) is 4.79 Å². The molecule has 26 heavy (non-hydrogen) atoms. The van der Waals surface area contributed by atoms with E-state index in [1.807, 2.05) is 42.5 Å². The first kappa shape index (κ1) is 16.0.